The van der Waals surface area contributed by atoms with E-state index in [-0.39, 0.29) is 0 Å². The van der Waals surface area contributed by atoms with E-state index >= 15 is 0 Å². The van der Waals surface area contributed by atoms with Gasteiger partial charge < -0.3 is 4.74 Å². The summed E-state index contributed by atoms with van der Waals surface area (Å²) in [6.07, 6.45) is 1.92. The van der Waals surface area contributed by atoms with Crippen molar-refractivity contribution in [3.05, 3.63) is 0 Å². The maximum atomic E-state index is 5.58. The Hall–Kier alpha value is -0.0400. The highest BCUT2D eigenvalue weighted by molar-refractivity contribution is 5.01. The number of fused-ring (bicyclic) bond motifs is 2. The monoisotopic (exact) mass is 140 g/mol. The normalized spacial score (nSPS) is 50.1. The third kappa shape index (κ3) is 0.619. The molecule has 0 aromatic rings. The molecule has 3 fully saturated rings. The Kier molecular flexibility index (Phi) is 1.17. The lowest BCUT2D eigenvalue weighted by Crippen LogP contribution is -2.57. The van der Waals surface area contributed by atoms with E-state index in [2.05, 4.69) is 20.8 Å². The van der Waals surface area contributed by atoms with Gasteiger partial charge in [-0.3, -0.25) is 0 Å². The molecule has 1 aliphatic carbocycles. The fraction of sp³-hybridized carbons (Fsp3) is 1.00. The Morgan fingerprint density at radius 3 is 2.40 bits per heavy atom. The predicted molar refractivity (Wildman–Crippen MR) is 40.8 cm³/mol. The van der Waals surface area contributed by atoms with Gasteiger partial charge in [0.05, 0.1) is 12.7 Å². The zero-order chi connectivity index (χ0) is 7.35. The van der Waals surface area contributed by atoms with E-state index in [1.807, 2.05) is 0 Å². The van der Waals surface area contributed by atoms with Crippen LogP contribution in [0.5, 0.6) is 0 Å². The summed E-state index contributed by atoms with van der Waals surface area (Å²) in [6.45, 7) is 7.97. The molecule has 0 spiro atoms. The molecule has 1 nitrogen and oxygen atoms in total. The van der Waals surface area contributed by atoms with Crippen molar-refractivity contribution in [3.63, 3.8) is 0 Å². The van der Waals surface area contributed by atoms with Crippen LogP contribution >= 0.6 is 0 Å². The highest BCUT2D eigenvalue weighted by Crippen LogP contribution is 2.56. The molecule has 58 valence electrons. The Morgan fingerprint density at radius 2 is 2.10 bits per heavy atom. The lowest BCUT2D eigenvalue weighted by molar-refractivity contribution is -0.201. The molecule has 3 aliphatic rings. The van der Waals surface area contributed by atoms with Gasteiger partial charge in [-0.1, -0.05) is 13.8 Å². The highest BCUT2D eigenvalue weighted by Gasteiger charge is 2.53. The fourth-order valence-electron chi connectivity index (χ4n) is 2.52. The molecule has 1 saturated carbocycles. The molecule has 2 saturated heterocycles. The molecule has 0 amide bonds. The van der Waals surface area contributed by atoms with Gasteiger partial charge in [0.2, 0.25) is 0 Å². The van der Waals surface area contributed by atoms with Crippen molar-refractivity contribution >= 4 is 0 Å². The van der Waals surface area contributed by atoms with Crippen molar-refractivity contribution < 1.29 is 4.74 Å². The van der Waals surface area contributed by atoms with Crippen molar-refractivity contribution in [2.45, 2.75) is 33.3 Å². The van der Waals surface area contributed by atoms with E-state index in [0.717, 1.165) is 18.4 Å². The number of hydrogen-bond donors (Lipinski definition) is 0. The third-order valence-corrected chi connectivity index (χ3v) is 3.67. The van der Waals surface area contributed by atoms with Gasteiger partial charge in [0.25, 0.3) is 0 Å². The average molecular weight is 140 g/mol. The summed E-state index contributed by atoms with van der Waals surface area (Å²) in [4.78, 5) is 0. The molecule has 3 rings (SSSR count). The summed E-state index contributed by atoms with van der Waals surface area (Å²) in [5.41, 5.74) is 0.581. The van der Waals surface area contributed by atoms with E-state index in [4.69, 9.17) is 4.74 Å². The molecular weight excluding hydrogens is 124 g/mol. The SMILES string of the molecule is CC1OCC2CC1C2(C)C. The average Bonchev–Trinajstić information content (AvgIpc) is 1.87. The number of hydrogen-bond acceptors (Lipinski definition) is 1. The van der Waals surface area contributed by atoms with Crippen molar-refractivity contribution in [1.29, 1.82) is 0 Å². The van der Waals surface area contributed by atoms with E-state index < -0.39 is 0 Å². The Morgan fingerprint density at radius 1 is 1.40 bits per heavy atom. The standard InChI is InChI=1S/C9H16O/c1-6-8-4-7(5-10-6)9(8,2)3/h6-8H,4-5H2,1-3H3. The van der Waals surface area contributed by atoms with Crippen LogP contribution in [0.25, 0.3) is 0 Å². The minimum Gasteiger partial charge on any atom is -0.378 e. The summed E-state index contributed by atoms with van der Waals surface area (Å²) in [7, 11) is 0. The topological polar surface area (TPSA) is 9.23 Å². The summed E-state index contributed by atoms with van der Waals surface area (Å²) in [6, 6.07) is 0. The molecule has 2 heterocycles. The largest absolute Gasteiger partial charge is 0.378 e. The first-order valence-corrected chi connectivity index (χ1v) is 4.24. The molecule has 0 N–H and O–H groups in total. The second kappa shape index (κ2) is 1.76. The van der Waals surface area contributed by atoms with Crippen LogP contribution in [-0.2, 0) is 4.74 Å². The quantitative estimate of drug-likeness (QED) is 0.500. The predicted octanol–water partition coefficient (Wildman–Crippen LogP) is 2.07. The van der Waals surface area contributed by atoms with Crippen LogP contribution < -0.4 is 0 Å². The van der Waals surface area contributed by atoms with Crippen molar-refractivity contribution in [2.75, 3.05) is 6.61 Å². The smallest absolute Gasteiger partial charge is 0.0580 e. The van der Waals surface area contributed by atoms with Crippen molar-refractivity contribution in [1.82, 2.24) is 0 Å². The molecule has 0 radical (unpaired) electrons. The van der Waals surface area contributed by atoms with Crippen molar-refractivity contribution in [2.24, 2.45) is 17.3 Å². The van der Waals surface area contributed by atoms with E-state index in [1.165, 1.54) is 6.42 Å². The van der Waals surface area contributed by atoms with Crippen LogP contribution in [0, 0.1) is 17.3 Å². The van der Waals surface area contributed by atoms with Gasteiger partial charge in [-0.25, -0.2) is 0 Å². The van der Waals surface area contributed by atoms with Gasteiger partial charge >= 0.3 is 0 Å². The second-order valence-electron chi connectivity index (χ2n) is 4.40. The molecule has 1 heteroatoms. The zero-order valence-electron chi connectivity index (χ0n) is 7.05. The van der Waals surface area contributed by atoms with Gasteiger partial charge in [0, 0.05) is 0 Å². The minimum absolute atomic E-state index is 0.514. The van der Waals surface area contributed by atoms with Crippen LogP contribution in [0.15, 0.2) is 0 Å². The number of rotatable bonds is 0. The van der Waals surface area contributed by atoms with E-state index in [1.54, 1.807) is 0 Å². The van der Waals surface area contributed by atoms with Gasteiger partial charge in [-0.2, -0.15) is 0 Å². The van der Waals surface area contributed by atoms with Crippen LogP contribution in [0.1, 0.15) is 27.2 Å². The maximum absolute atomic E-state index is 5.58. The lowest BCUT2D eigenvalue weighted by Gasteiger charge is -2.58. The zero-order valence-corrected chi connectivity index (χ0v) is 7.05. The third-order valence-electron chi connectivity index (χ3n) is 3.67. The first-order valence-electron chi connectivity index (χ1n) is 4.24. The second-order valence-corrected chi connectivity index (χ2v) is 4.40. The van der Waals surface area contributed by atoms with E-state index in [0.29, 0.717) is 11.5 Å². The summed E-state index contributed by atoms with van der Waals surface area (Å²) in [5, 5.41) is 0. The first-order chi connectivity index (χ1) is 4.62. The molecule has 0 aromatic carbocycles. The lowest BCUT2D eigenvalue weighted by atomic mass is 9.52. The molecule has 2 aliphatic heterocycles. The first kappa shape index (κ1) is 6.66. The minimum atomic E-state index is 0.514. The molecule has 3 unspecified atom stereocenters. The fourth-order valence-corrected chi connectivity index (χ4v) is 2.52. The molecule has 3 atom stereocenters. The molecule has 0 aromatic heterocycles. The van der Waals surface area contributed by atoms with Gasteiger partial charge in [-0.05, 0) is 30.6 Å². The van der Waals surface area contributed by atoms with Crippen LogP contribution in [0.3, 0.4) is 0 Å². The Balaban J connectivity index is 2.16. The van der Waals surface area contributed by atoms with Crippen molar-refractivity contribution in [3.8, 4) is 0 Å². The van der Waals surface area contributed by atoms with Gasteiger partial charge in [0.1, 0.15) is 0 Å². The van der Waals surface area contributed by atoms with Crippen LogP contribution in [-0.4, -0.2) is 12.7 Å². The number of ether oxygens (including phenoxy) is 1. The Labute approximate surface area is 62.8 Å². The van der Waals surface area contributed by atoms with Gasteiger partial charge in [0.15, 0.2) is 0 Å². The maximum Gasteiger partial charge on any atom is 0.0580 e. The van der Waals surface area contributed by atoms with Crippen LogP contribution in [0.2, 0.25) is 0 Å². The van der Waals surface area contributed by atoms with Crippen LogP contribution in [0.4, 0.5) is 0 Å². The molecule has 10 heavy (non-hydrogen) atoms. The molecular formula is C9H16O. The summed E-state index contributed by atoms with van der Waals surface area (Å²) < 4.78 is 5.58. The Bertz CT molecular complexity index is 149. The van der Waals surface area contributed by atoms with E-state index in [9.17, 15) is 0 Å². The van der Waals surface area contributed by atoms with Gasteiger partial charge in [-0.15, -0.1) is 0 Å². The highest BCUT2D eigenvalue weighted by atomic mass is 16.5. The summed E-state index contributed by atoms with van der Waals surface area (Å²) >= 11 is 0. The summed E-state index contributed by atoms with van der Waals surface area (Å²) in [5.74, 6) is 1.69. The molecule has 2 bridgehead atoms.